The molecule has 1 N–H and O–H groups in total. The Kier molecular flexibility index (Phi) is 6.07. The third-order valence-electron chi connectivity index (χ3n) is 8.87. The van der Waals surface area contributed by atoms with Gasteiger partial charge >= 0.3 is 0 Å². The van der Waals surface area contributed by atoms with Crippen molar-refractivity contribution >= 4 is 28.6 Å². The van der Waals surface area contributed by atoms with Gasteiger partial charge in [-0.15, -0.1) is 0 Å². The molecule has 3 aliphatic heterocycles. The lowest BCUT2D eigenvalue weighted by molar-refractivity contribution is -0.136. The molecule has 200 valence electrons. The van der Waals surface area contributed by atoms with Crippen molar-refractivity contribution in [2.75, 3.05) is 13.1 Å². The third kappa shape index (κ3) is 4.46. The van der Waals surface area contributed by atoms with Gasteiger partial charge in [0.1, 0.15) is 17.9 Å². The predicted octanol–water partition coefficient (Wildman–Crippen LogP) is 3.79. The second kappa shape index (κ2) is 9.75. The van der Waals surface area contributed by atoms with Gasteiger partial charge in [-0.2, -0.15) is 0 Å². The number of hydrogen-bond donors (Lipinski definition) is 1. The number of pyridine rings is 1. The number of amides is 3. The number of hydrogen-bond acceptors (Lipinski definition) is 6. The van der Waals surface area contributed by atoms with Crippen LogP contribution in [-0.2, 0) is 16.1 Å². The highest BCUT2D eigenvalue weighted by Gasteiger charge is 2.41. The van der Waals surface area contributed by atoms with Crippen LogP contribution in [-0.4, -0.2) is 63.8 Å². The van der Waals surface area contributed by atoms with E-state index in [9.17, 15) is 14.4 Å². The molecule has 0 unspecified atom stereocenters. The van der Waals surface area contributed by atoms with Crippen LogP contribution in [0, 0.1) is 0 Å². The van der Waals surface area contributed by atoms with Crippen molar-refractivity contribution in [1.29, 1.82) is 0 Å². The zero-order valence-electron chi connectivity index (χ0n) is 21.8. The van der Waals surface area contributed by atoms with E-state index in [-0.39, 0.29) is 30.2 Å². The number of rotatable bonds is 5. The Morgan fingerprint density at radius 3 is 2.64 bits per heavy atom. The van der Waals surface area contributed by atoms with Gasteiger partial charge in [-0.3, -0.25) is 29.6 Å². The van der Waals surface area contributed by atoms with E-state index in [4.69, 9.17) is 9.72 Å². The first-order chi connectivity index (χ1) is 19.0. The maximum absolute atomic E-state index is 13.0. The average molecular weight is 525 g/mol. The SMILES string of the molecule is O=C1CC[C@H](N2Cc3cc(O[C@@H]4CCCC[C@@H]4N4CC(c5ccc6ccccc6n5)C4)ccc3C2=O)C(=O)N1. The number of carbonyl (C=O) groups excluding carboxylic acids is 3. The molecule has 3 aromatic rings. The average Bonchev–Trinajstić information content (AvgIpc) is 3.24. The van der Waals surface area contributed by atoms with Crippen LogP contribution >= 0.6 is 0 Å². The van der Waals surface area contributed by atoms with E-state index in [0.717, 1.165) is 49.2 Å². The maximum atomic E-state index is 13.0. The summed E-state index contributed by atoms with van der Waals surface area (Å²) in [4.78, 5) is 46.0. The minimum absolute atomic E-state index is 0.102. The van der Waals surface area contributed by atoms with Crippen LogP contribution in [0.1, 0.15) is 66.1 Å². The van der Waals surface area contributed by atoms with Crippen LogP contribution in [0.5, 0.6) is 5.75 Å². The van der Waals surface area contributed by atoms with Gasteiger partial charge in [0.15, 0.2) is 0 Å². The van der Waals surface area contributed by atoms with Crippen LogP contribution in [0.25, 0.3) is 10.9 Å². The van der Waals surface area contributed by atoms with Crippen molar-refractivity contribution in [3.05, 3.63) is 71.4 Å². The van der Waals surface area contributed by atoms with E-state index >= 15 is 0 Å². The van der Waals surface area contributed by atoms with Crippen molar-refractivity contribution in [2.24, 2.45) is 0 Å². The zero-order valence-corrected chi connectivity index (χ0v) is 21.8. The molecule has 1 aromatic heterocycles. The second-order valence-electron chi connectivity index (χ2n) is 11.3. The Bertz CT molecular complexity index is 1470. The minimum atomic E-state index is -0.605. The highest BCUT2D eigenvalue weighted by atomic mass is 16.5. The number of nitrogens with one attached hydrogen (secondary N) is 1. The van der Waals surface area contributed by atoms with E-state index in [1.165, 1.54) is 17.5 Å². The molecular weight excluding hydrogens is 492 g/mol. The molecule has 0 spiro atoms. The topological polar surface area (TPSA) is 91.8 Å². The molecule has 2 saturated heterocycles. The third-order valence-corrected chi connectivity index (χ3v) is 8.87. The lowest BCUT2D eigenvalue weighted by Gasteiger charge is -2.48. The molecule has 4 heterocycles. The molecule has 8 nitrogen and oxygen atoms in total. The molecule has 3 fully saturated rings. The van der Waals surface area contributed by atoms with Crippen molar-refractivity contribution in [3.63, 3.8) is 0 Å². The summed E-state index contributed by atoms with van der Waals surface area (Å²) in [5.41, 5.74) is 3.71. The van der Waals surface area contributed by atoms with E-state index in [0.29, 0.717) is 30.5 Å². The van der Waals surface area contributed by atoms with Crippen LogP contribution < -0.4 is 10.1 Å². The Morgan fingerprint density at radius 2 is 1.77 bits per heavy atom. The molecular formula is C31H32N4O4. The highest BCUT2D eigenvalue weighted by Crippen LogP contribution is 2.36. The number of nitrogens with zero attached hydrogens (tertiary/aromatic N) is 3. The van der Waals surface area contributed by atoms with Gasteiger partial charge in [0.2, 0.25) is 11.8 Å². The number of para-hydroxylation sites is 1. The molecule has 8 heteroatoms. The summed E-state index contributed by atoms with van der Waals surface area (Å²) < 4.78 is 6.59. The summed E-state index contributed by atoms with van der Waals surface area (Å²) >= 11 is 0. The van der Waals surface area contributed by atoms with Gasteiger partial charge in [-0.1, -0.05) is 30.7 Å². The summed E-state index contributed by atoms with van der Waals surface area (Å²) in [5, 5.41) is 3.54. The van der Waals surface area contributed by atoms with Gasteiger partial charge in [0, 0.05) is 54.7 Å². The molecule has 39 heavy (non-hydrogen) atoms. The number of benzene rings is 2. The standard InChI is InChI=1S/C31H32N4O4/c36-29-14-13-27(30(37)33-29)35-18-20-15-22(10-11-23(20)31(35)38)39-28-8-4-3-7-26(28)34-16-21(17-34)25-12-9-19-5-1-2-6-24(19)32-25/h1-2,5-6,9-12,15,21,26-28H,3-4,7-8,13-14,16-18H2,(H,33,36,37)/t26-,27-,28+/m0/s1. The van der Waals surface area contributed by atoms with E-state index in [1.54, 1.807) is 4.90 Å². The van der Waals surface area contributed by atoms with Crippen molar-refractivity contribution in [1.82, 2.24) is 20.1 Å². The number of ether oxygens (including phenoxy) is 1. The van der Waals surface area contributed by atoms with Crippen molar-refractivity contribution in [3.8, 4) is 5.75 Å². The highest BCUT2D eigenvalue weighted by molar-refractivity contribution is 6.05. The molecule has 3 atom stereocenters. The number of piperidine rings is 1. The first-order valence-corrected chi connectivity index (χ1v) is 14.1. The normalized spacial score (nSPS) is 25.9. The van der Waals surface area contributed by atoms with E-state index in [2.05, 4.69) is 34.5 Å². The summed E-state index contributed by atoms with van der Waals surface area (Å²) in [6, 6.07) is 18.0. The first kappa shape index (κ1) is 24.3. The van der Waals surface area contributed by atoms with Crippen molar-refractivity contribution in [2.45, 2.75) is 69.2 Å². The second-order valence-corrected chi connectivity index (χ2v) is 11.3. The number of likely N-dealkylation sites (tertiary alicyclic amines) is 1. The monoisotopic (exact) mass is 524 g/mol. The number of imide groups is 1. The first-order valence-electron chi connectivity index (χ1n) is 14.1. The predicted molar refractivity (Wildman–Crippen MR) is 145 cm³/mol. The Hall–Kier alpha value is -3.78. The number of aromatic nitrogens is 1. The van der Waals surface area contributed by atoms with E-state index < -0.39 is 6.04 Å². The molecule has 0 radical (unpaired) electrons. The molecule has 7 rings (SSSR count). The Balaban J connectivity index is 1.02. The van der Waals surface area contributed by atoms with Crippen LogP contribution in [0.4, 0.5) is 0 Å². The number of fused-ring (bicyclic) bond motifs is 2. The van der Waals surface area contributed by atoms with Gasteiger partial charge in [0.05, 0.1) is 5.52 Å². The summed E-state index contributed by atoms with van der Waals surface area (Å²) in [7, 11) is 0. The van der Waals surface area contributed by atoms with Crippen LogP contribution in [0.3, 0.4) is 0 Å². The molecule has 1 aliphatic carbocycles. The smallest absolute Gasteiger partial charge is 0.255 e. The molecule has 1 saturated carbocycles. The Morgan fingerprint density at radius 1 is 0.923 bits per heavy atom. The van der Waals surface area contributed by atoms with Gasteiger partial charge in [-0.25, -0.2) is 0 Å². The summed E-state index contributed by atoms with van der Waals surface area (Å²) in [5.74, 6) is 0.398. The fraction of sp³-hybridized carbons (Fsp3) is 0.419. The largest absolute Gasteiger partial charge is 0.489 e. The van der Waals surface area contributed by atoms with Gasteiger partial charge in [-0.05, 0) is 61.6 Å². The zero-order chi connectivity index (χ0) is 26.5. The lowest BCUT2D eigenvalue weighted by Crippen LogP contribution is -2.57. The van der Waals surface area contributed by atoms with Crippen LogP contribution in [0.15, 0.2) is 54.6 Å². The fourth-order valence-electron chi connectivity index (χ4n) is 6.71. The van der Waals surface area contributed by atoms with E-state index in [1.807, 2.05) is 30.3 Å². The van der Waals surface area contributed by atoms with Crippen LogP contribution in [0.2, 0.25) is 0 Å². The molecule has 3 amide bonds. The summed E-state index contributed by atoms with van der Waals surface area (Å²) in [6.07, 6.45) is 5.21. The lowest BCUT2D eigenvalue weighted by atomic mass is 9.85. The van der Waals surface area contributed by atoms with Gasteiger partial charge < -0.3 is 9.64 Å². The summed E-state index contributed by atoms with van der Waals surface area (Å²) in [6.45, 7) is 2.35. The fourth-order valence-corrected chi connectivity index (χ4v) is 6.71. The molecule has 0 bridgehead atoms. The molecule has 4 aliphatic rings. The van der Waals surface area contributed by atoms with Crippen molar-refractivity contribution < 1.29 is 19.1 Å². The quantitative estimate of drug-likeness (QED) is 0.511. The number of carbonyl (C=O) groups is 3. The maximum Gasteiger partial charge on any atom is 0.255 e. The Labute approximate surface area is 227 Å². The van der Waals surface area contributed by atoms with Gasteiger partial charge in [0.25, 0.3) is 5.91 Å². The minimum Gasteiger partial charge on any atom is -0.489 e. The molecule has 2 aromatic carbocycles.